The zero-order chi connectivity index (χ0) is 21.1. The smallest absolute Gasteiger partial charge is 0.251 e. The zero-order valence-corrected chi connectivity index (χ0v) is 17.9. The van der Waals surface area contributed by atoms with Gasteiger partial charge in [0.2, 0.25) is 5.91 Å². The molecule has 1 N–H and O–H groups in total. The number of nitrogens with one attached hydrogen (secondary N) is 1. The summed E-state index contributed by atoms with van der Waals surface area (Å²) in [7, 11) is 0. The van der Waals surface area contributed by atoms with Gasteiger partial charge in [-0.15, -0.1) is 11.8 Å². The molecule has 0 fully saturated rings. The summed E-state index contributed by atoms with van der Waals surface area (Å²) in [6.07, 6.45) is 0. The van der Waals surface area contributed by atoms with E-state index in [9.17, 15) is 9.59 Å². The highest BCUT2D eigenvalue weighted by Gasteiger charge is 2.26. The van der Waals surface area contributed by atoms with Crippen LogP contribution in [0.15, 0.2) is 77.7 Å². The van der Waals surface area contributed by atoms with E-state index in [0.29, 0.717) is 17.9 Å². The van der Waals surface area contributed by atoms with E-state index in [-0.39, 0.29) is 17.9 Å². The van der Waals surface area contributed by atoms with Crippen LogP contribution in [0.5, 0.6) is 0 Å². The van der Waals surface area contributed by atoms with Crippen LogP contribution in [0.3, 0.4) is 0 Å². The molecule has 0 spiro atoms. The minimum Gasteiger partial charge on any atom is -0.346 e. The lowest BCUT2D eigenvalue weighted by Gasteiger charge is -2.29. The summed E-state index contributed by atoms with van der Waals surface area (Å²) in [5, 5.41) is 3.05. The molecule has 0 radical (unpaired) electrons. The maximum atomic E-state index is 12.9. The van der Waals surface area contributed by atoms with Crippen LogP contribution in [-0.4, -0.2) is 17.6 Å². The molecular formula is C25H24N2O2S. The maximum Gasteiger partial charge on any atom is 0.251 e. The van der Waals surface area contributed by atoms with Crippen LogP contribution < -0.4 is 10.2 Å². The summed E-state index contributed by atoms with van der Waals surface area (Å²) in [5.41, 5.74) is 4.67. The second kappa shape index (κ2) is 8.76. The van der Waals surface area contributed by atoms with Gasteiger partial charge in [-0.25, -0.2) is 0 Å². The molecule has 152 valence electrons. The van der Waals surface area contributed by atoms with Crippen LogP contribution in [0.1, 0.15) is 40.0 Å². The quantitative estimate of drug-likeness (QED) is 0.628. The number of rotatable bonds is 5. The van der Waals surface area contributed by atoms with Crippen molar-refractivity contribution in [2.24, 2.45) is 0 Å². The van der Waals surface area contributed by atoms with E-state index < -0.39 is 0 Å². The molecule has 1 aliphatic rings. The predicted octanol–water partition coefficient (Wildman–Crippen LogP) is 5.12. The van der Waals surface area contributed by atoms with Gasteiger partial charge in [0.15, 0.2) is 0 Å². The first kappa shape index (κ1) is 20.2. The van der Waals surface area contributed by atoms with E-state index >= 15 is 0 Å². The molecular weight excluding hydrogens is 392 g/mol. The van der Waals surface area contributed by atoms with Crippen molar-refractivity contribution in [1.82, 2.24) is 5.32 Å². The number of fused-ring (bicyclic) bond motifs is 1. The van der Waals surface area contributed by atoms with Crippen molar-refractivity contribution in [3.63, 3.8) is 0 Å². The van der Waals surface area contributed by atoms with Crippen LogP contribution in [0.2, 0.25) is 0 Å². The van der Waals surface area contributed by atoms with Crippen molar-refractivity contribution < 1.29 is 9.59 Å². The van der Waals surface area contributed by atoms with Crippen molar-refractivity contribution in [3.8, 4) is 0 Å². The van der Waals surface area contributed by atoms with Gasteiger partial charge in [-0.1, -0.05) is 60.2 Å². The largest absolute Gasteiger partial charge is 0.346 e. The Labute approximate surface area is 181 Å². The van der Waals surface area contributed by atoms with Gasteiger partial charge in [0, 0.05) is 10.5 Å². The number of carbonyl (C=O) groups is 2. The molecule has 0 bridgehead atoms. The Morgan fingerprint density at radius 1 is 1.07 bits per heavy atom. The predicted molar refractivity (Wildman–Crippen MR) is 122 cm³/mol. The lowest BCUT2D eigenvalue weighted by Crippen LogP contribution is -2.35. The Kier molecular flexibility index (Phi) is 5.91. The van der Waals surface area contributed by atoms with Gasteiger partial charge in [0.1, 0.15) is 0 Å². The Morgan fingerprint density at radius 3 is 2.53 bits per heavy atom. The minimum atomic E-state index is -0.146. The highest BCUT2D eigenvalue weighted by molar-refractivity contribution is 8.00. The monoisotopic (exact) mass is 416 g/mol. The fraction of sp³-hybridized carbons (Fsp3) is 0.200. The first-order valence-corrected chi connectivity index (χ1v) is 11.0. The molecule has 2 amide bonds. The lowest BCUT2D eigenvalue weighted by atomic mass is 10.1. The molecule has 4 nitrogen and oxygen atoms in total. The number of anilines is 1. The summed E-state index contributed by atoms with van der Waals surface area (Å²) in [5.74, 6) is 0.325. The Hall–Kier alpha value is -3.05. The highest BCUT2D eigenvalue weighted by Crippen LogP contribution is 2.37. The zero-order valence-electron chi connectivity index (χ0n) is 17.1. The first-order valence-electron chi connectivity index (χ1n) is 10.00. The molecule has 3 aromatic rings. The number of aryl methyl sites for hydroxylation is 1. The van der Waals surface area contributed by atoms with Gasteiger partial charge in [-0.2, -0.15) is 0 Å². The fourth-order valence-electron chi connectivity index (χ4n) is 3.50. The molecule has 5 heteroatoms. The average Bonchev–Trinajstić information content (AvgIpc) is 2.77. The Bertz CT molecular complexity index is 1060. The van der Waals surface area contributed by atoms with Crippen LogP contribution >= 0.6 is 11.8 Å². The third-order valence-corrected chi connectivity index (χ3v) is 6.32. The Balaban J connectivity index is 1.57. The minimum absolute atomic E-state index is 0.0586. The van der Waals surface area contributed by atoms with Gasteiger partial charge in [0.05, 0.1) is 24.0 Å². The number of nitrogens with zero attached hydrogens (tertiary/aromatic N) is 1. The molecule has 30 heavy (non-hydrogen) atoms. The number of benzene rings is 3. The van der Waals surface area contributed by atoms with E-state index in [4.69, 9.17) is 0 Å². The molecule has 1 aliphatic heterocycles. The topological polar surface area (TPSA) is 49.4 Å². The summed E-state index contributed by atoms with van der Waals surface area (Å²) < 4.78 is 0. The number of carbonyl (C=O) groups excluding carboxylic acids is 2. The van der Waals surface area contributed by atoms with E-state index in [1.165, 1.54) is 17.3 Å². The normalized spacial score (nSPS) is 14.2. The van der Waals surface area contributed by atoms with Crippen molar-refractivity contribution in [2.75, 3.05) is 10.7 Å². The molecule has 0 aliphatic carbocycles. The van der Waals surface area contributed by atoms with E-state index in [2.05, 4.69) is 5.32 Å². The number of hydrogen-bond donors (Lipinski definition) is 1. The second-order valence-corrected chi connectivity index (χ2v) is 8.56. The lowest BCUT2D eigenvalue weighted by molar-refractivity contribution is -0.116. The van der Waals surface area contributed by atoms with Crippen LogP contribution in [0, 0.1) is 6.92 Å². The van der Waals surface area contributed by atoms with E-state index in [1.807, 2.05) is 86.6 Å². The molecule has 3 aromatic carbocycles. The number of thioether (sulfide) groups is 1. The second-order valence-electron chi connectivity index (χ2n) is 7.54. The van der Waals surface area contributed by atoms with Crippen molar-refractivity contribution >= 4 is 29.3 Å². The fourth-order valence-corrected chi connectivity index (χ4v) is 4.41. The van der Waals surface area contributed by atoms with Gasteiger partial charge in [-0.05, 0) is 43.2 Å². The van der Waals surface area contributed by atoms with Gasteiger partial charge in [-0.3, -0.25) is 9.59 Å². The van der Waals surface area contributed by atoms with Crippen LogP contribution in [-0.2, 0) is 11.3 Å². The molecule has 4 rings (SSSR count). The third-order valence-electron chi connectivity index (χ3n) is 5.27. The standard InChI is InChI=1S/C25H24N2O2S/c1-17-8-10-19(11-9-17)15-27-22-14-21(12-13-23(22)30-16-24(27)28)25(29)26-18(2)20-6-4-3-5-7-20/h3-14,18H,15-16H2,1-2H3,(H,26,29)/t18-/m1/s1. The number of amides is 2. The molecule has 0 unspecified atom stereocenters. The summed E-state index contributed by atoms with van der Waals surface area (Å²) >= 11 is 1.52. The van der Waals surface area contributed by atoms with Gasteiger partial charge < -0.3 is 10.2 Å². The summed E-state index contributed by atoms with van der Waals surface area (Å²) in [6, 6.07) is 23.6. The summed E-state index contributed by atoms with van der Waals surface area (Å²) in [4.78, 5) is 28.4. The van der Waals surface area contributed by atoms with E-state index in [0.717, 1.165) is 21.7 Å². The maximum absolute atomic E-state index is 12.9. The third kappa shape index (κ3) is 4.41. The van der Waals surface area contributed by atoms with Crippen molar-refractivity contribution in [1.29, 1.82) is 0 Å². The molecule has 0 saturated heterocycles. The van der Waals surface area contributed by atoms with E-state index in [1.54, 1.807) is 4.90 Å². The van der Waals surface area contributed by atoms with Crippen LogP contribution in [0.25, 0.3) is 0 Å². The summed E-state index contributed by atoms with van der Waals surface area (Å²) in [6.45, 7) is 4.51. The first-order chi connectivity index (χ1) is 14.5. The van der Waals surface area contributed by atoms with Crippen LogP contribution in [0.4, 0.5) is 5.69 Å². The molecule has 1 atom stereocenters. The van der Waals surface area contributed by atoms with Crippen molar-refractivity contribution in [3.05, 3.63) is 95.1 Å². The van der Waals surface area contributed by atoms with Crippen molar-refractivity contribution in [2.45, 2.75) is 31.3 Å². The Morgan fingerprint density at radius 2 is 1.80 bits per heavy atom. The molecule has 0 aromatic heterocycles. The SMILES string of the molecule is Cc1ccc(CN2C(=O)CSc3ccc(C(=O)N[C@H](C)c4ccccc4)cc32)cc1. The van der Waals surface area contributed by atoms with Gasteiger partial charge >= 0.3 is 0 Å². The molecule has 1 heterocycles. The average molecular weight is 417 g/mol. The van der Waals surface area contributed by atoms with Gasteiger partial charge in [0.25, 0.3) is 5.91 Å². The molecule has 0 saturated carbocycles. The number of hydrogen-bond acceptors (Lipinski definition) is 3. The highest BCUT2D eigenvalue weighted by atomic mass is 32.2.